The van der Waals surface area contributed by atoms with E-state index in [1.165, 1.54) is 0 Å². The highest BCUT2D eigenvalue weighted by molar-refractivity contribution is 9.10. The minimum absolute atomic E-state index is 0.371. The van der Waals surface area contributed by atoms with Gasteiger partial charge in [-0.25, -0.2) is 4.79 Å². The van der Waals surface area contributed by atoms with Crippen molar-refractivity contribution in [3.63, 3.8) is 0 Å². The Morgan fingerprint density at radius 3 is 2.63 bits per heavy atom. The number of amides is 2. The number of hydrogen-bond acceptors (Lipinski definition) is 2. The molecule has 98 valence electrons. The van der Waals surface area contributed by atoms with Crippen LogP contribution in [0.1, 0.15) is 0 Å². The summed E-state index contributed by atoms with van der Waals surface area (Å²) in [6, 6.07) is 11.8. The molecule has 0 heterocycles. The van der Waals surface area contributed by atoms with E-state index in [1.807, 2.05) is 12.1 Å². The molecule has 2 aromatic carbocycles. The predicted molar refractivity (Wildman–Crippen MR) is 82.6 cm³/mol. The maximum absolute atomic E-state index is 11.8. The van der Waals surface area contributed by atoms with Crippen molar-refractivity contribution in [2.75, 3.05) is 16.4 Å². The Labute approximate surface area is 124 Å². The molecule has 6 heteroatoms. The summed E-state index contributed by atoms with van der Waals surface area (Å²) in [7, 11) is 0. The van der Waals surface area contributed by atoms with Gasteiger partial charge in [0.25, 0.3) is 0 Å². The Morgan fingerprint density at radius 1 is 1.16 bits per heavy atom. The van der Waals surface area contributed by atoms with E-state index in [4.69, 9.17) is 17.3 Å². The van der Waals surface area contributed by atoms with Crippen molar-refractivity contribution in [1.82, 2.24) is 0 Å². The number of nitrogens with two attached hydrogens (primary N) is 1. The molecule has 4 N–H and O–H groups in total. The summed E-state index contributed by atoms with van der Waals surface area (Å²) in [4.78, 5) is 11.8. The molecule has 0 aliphatic rings. The number of hydrogen-bond donors (Lipinski definition) is 3. The van der Waals surface area contributed by atoms with E-state index in [-0.39, 0.29) is 6.03 Å². The molecule has 0 saturated carbocycles. The molecule has 0 spiro atoms. The van der Waals surface area contributed by atoms with E-state index in [1.54, 1.807) is 30.3 Å². The van der Waals surface area contributed by atoms with Crippen LogP contribution >= 0.6 is 27.5 Å². The molecule has 0 fully saturated rings. The third kappa shape index (κ3) is 3.87. The highest BCUT2D eigenvalue weighted by atomic mass is 79.9. The summed E-state index contributed by atoms with van der Waals surface area (Å²) in [5, 5.41) is 5.75. The molecular weight excluding hydrogens is 330 g/mol. The number of benzene rings is 2. The smallest absolute Gasteiger partial charge is 0.323 e. The lowest BCUT2D eigenvalue weighted by atomic mass is 10.3. The van der Waals surface area contributed by atoms with Gasteiger partial charge in [-0.05, 0) is 36.4 Å². The second-order valence-corrected chi connectivity index (χ2v) is 5.15. The predicted octanol–water partition coefficient (Wildman–Crippen LogP) is 4.33. The fourth-order valence-corrected chi connectivity index (χ4v) is 2.12. The van der Waals surface area contributed by atoms with Crippen molar-refractivity contribution >= 4 is 50.6 Å². The zero-order valence-corrected chi connectivity index (χ0v) is 12.1. The van der Waals surface area contributed by atoms with Gasteiger partial charge >= 0.3 is 6.03 Å². The van der Waals surface area contributed by atoms with Crippen molar-refractivity contribution in [2.45, 2.75) is 0 Å². The number of nitrogen functional groups attached to an aromatic ring is 1. The molecule has 4 nitrogen and oxygen atoms in total. The summed E-state index contributed by atoms with van der Waals surface area (Å²) < 4.78 is 0.885. The van der Waals surface area contributed by atoms with Gasteiger partial charge in [0.2, 0.25) is 0 Å². The van der Waals surface area contributed by atoms with Gasteiger partial charge < -0.3 is 16.4 Å². The van der Waals surface area contributed by atoms with Crippen LogP contribution in [0.4, 0.5) is 21.9 Å². The standard InChI is InChI=1S/C13H11BrClN3O/c14-8-2-1-3-10(6-8)17-13(19)18-12-5-4-9(16)7-11(12)15/h1-7H,16H2,(H2,17,18,19). The van der Waals surface area contributed by atoms with E-state index in [0.717, 1.165) is 4.47 Å². The molecule has 0 unspecified atom stereocenters. The van der Waals surface area contributed by atoms with Gasteiger partial charge in [0.05, 0.1) is 10.7 Å². The topological polar surface area (TPSA) is 67.1 Å². The molecular formula is C13H11BrClN3O. The van der Waals surface area contributed by atoms with Crippen LogP contribution in [0.15, 0.2) is 46.9 Å². The first-order valence-electron chi connectivity index (χ1n) is 5.43. The SMILES string of the molecule is Nc1ccc(NC(=O)Nc2cccc(Br)c2)c(Cl)c1. The van der Waals surface area contributed by atoms with Crippen molar-refractivity contribution in [3.8, 4) is 0 Å². The Balaban J connectivity index is 2.05. The first kappa shape index (κ1) is 13.7. The number of anilines is 3. The van der Waals surface area contributed by atoms with Gasteiger partial charge in [0.15, 0.2) is 0 Å². The Hall–Kier alpha value is -1.72. The molecule has 2 amide bonds. The first-order valence-corrected chi connectivity index (χ1v) is 6.60. The fraction of sp³-hybridized carbons (Fsp3) is 0. The molecule has 2 aromatic rings. The van der Waals surface area contributed by atoms with Crippen LogP contribution in [0.2, 0.25) is 5.02 Å². The van der Waals surface area contributed by atoms with Crippen LogP contribution in [0.25, 0.3) is 0 Å². The van der Waals surface area contributed by atoms with E-state index >= 15 is 0 Å². The molecule has 0 radical (unpaired) electrons. The zero-order valence-electron chi connectivity index (χ0n) is 9.78. The lowest BCUT2D eigenvalue weighted by molar-refractivity contribution is 0.262. The van der Waals surface area contributed by atoms with E-state index in [0.29, 0.717) is 22.1 Å². The van der Waals surface area contributed by atoms with Crippen LogP contribution in [0, 0.1) is 0 Å². The molecule has 0 bridgehead atoms. The monoisotopic (exact) mass is 339 g/mol. The van der Waals surface area contributed by atoms with Crippen LogP contribution in [0.5, 0.6) is 0 Å². The second kappa shape index (κ2) is 5.95. The summed E-state index contributed by atoms with van der Waals surface area (Å²) in [5.41, 5.74) is 7.31. The third-order valence-electron chi connectivity index (χ3n) is 2.32. The quantitative estimate of drug-likeness (QED) is 0.712. The summed E-state index contributed by atoms with van der Waals surface area (Å²) in [6.45, 7) is 0. The molecule has 0 aliphatic heterocycles. The van der Waals surface area contributed by atoms with Crippen molar-refractivity contribution < 1.29 is 4.79 Å². The van der Waals surface area contributed by atoms with Gasteiger partial charge in [-0.1, -0.05) is 33.6 Å². The molecule has 0 aliphatic carbocycles. The molecule has 19 heavy (non-hydrogen) atoms. The third-order valence-corrected chi connectivity index (χ3v) is 3.13. The summed E-state index contributed by atoms with van der Waals surface area (Å²) in [5.74, 6) is 0. The molecule has 2 rings (SSSR count). The van der Waals surface area contributed by atoms with Crippen LogP contribution < -0.4 is 16.4 Å². The maximum Gasteiger partial charge on any atom is 0.323 e. The van der Waals surface area contributed by atoms with Crippen LogP contribution in [-0.2, 0) is 0 Å². The van der Waals surface area contributed by atoms with E-state index in [9.17, 15) is 4.79 Å². The maximum atomic E-state index is 11.8. The van der Waals surface area contributed by atoms with Crippen LogP contribution in [0.3, 0.4) is 0 Å². The number of urea groups is 1. The van der Waals surface area contributed by atoms with Crippen molar-refractivity contribution in [1.29, 1.82) is 0 Å². The Bertz CT molecular complexity index is 619. The summed E-state index contributed by atoms with van der Waals surface area (Å²) in [6.07, 6.45) is 0. The highest BCUT2D eigenvalue weighted by Crippen LogP contribution is 2.24. The van der Waals surface area contributed by atoms with Crippen molar-refractivity contribution in [3.05, 3.63) is 52.0 Å². The zero-order chi connectivity index (χ0) is 13.8. The van der Waals surface area contributed by atoms with Gasteiger partial charge in [-0.15, -0.1) is 0 Å². The first-order chi connectivity index (χ1) is 9.04. The minimum atomic E-state index is -0.371. The number of carbonyl (C=O) groups excluding carboxylic acids is 1. The number of halogens is 2. The van der Waals surface area contributed by atoms with Gasteiger partial charge in [-0.2, -0.15) is 0 Å². The van der Waals surface area contributed by atoms with Gasteiger partial charge in [0, 0.05) is 15.8 Å². The van der Waals surface area contributed by atoms with Crippen molar-refractivity contribution in [2.24, 2.45) is 0 Å². The number of carbonyl (C=O) groups is 1. The molecule has 0 atom stereocenters. The molecule has 0 saturated heterocycles. The van der Waals surface area contributed by atoms with Gasteiger partial charge in [0.1, 0.15) is 0 Å². The minimum Gasteiger partial charge on any atom is -0.399 e. The van der Waals surface area contributed by atoms with E-state index < -0.39 is 0 Å². The second-order valence-electron chi connectivity index (χ2n) is 3.83. The molecule has 0 aromatic heterocycles. The summed E-state index contributed by atoms with van der Waals surface area (Å²) >= 11 is 9.30. The number of nitrogens with one attached hydrogen (secondary N) is 2. The van der Waals surface area contributed by atoms with E-state index in [2.05, 4.69) is 26.6 Å². The average Bonchev–Trinajstić information content (AvgIpc) is 2.33. The van der Waals surface area contributed by atoms with Gasteiger partial charge in [-0.3, -0.25) is 0 Å². The average molecular weight is 341 g/mol. The normalized spacial score (nSPS) is 10.0. The number of rotatable bonds is 2. The van der Waals surface area contributed by atoms with Crippen LogP contribution in [-0.4, -0.2) is 6.03 Å². The lowest BCUT2D eigenvalue weighted by Gasteiger charge is -2.09. The Morgan fingerprint density at radius 2 is 1.95 bits per heavy atom. The highest BCUT2D eigenvalue weighted by Gasteiger charge is 2.06. The Kier molecular flexibility index (Phi) is 4.29. The lowest BCUT2D eigenvalue weighted by Crippen LogP contribution is -2.19. The fourth-order valence-electron chi connectivity index (χ4n) is 1.48. The largest absolute Gasteiger partial charge is 0.399 e.